The molecule has 1 aromatic heterocycles. The van der Waals surface area contributed by atoms with Crippen molar-refractivity contribution in [2.24, 2.45) is 0 Å². The molecule has 1 heterocycles. The molecule has 3 rings (SSSR count). The zero-order valence-electron chi connectivity index (χ0n) is 11.1. The van der Waals surface area contributed by atoms with Crippen molar-refractivity contribution in [1.29, 1.82) is 0 Å². The van der Waals surface area contributed by atoms with E-state index in [2.05, 4.69) is 10.3 Å². The van der Waals surface area contributed by atoms with Gasteiger partial charge in [0.15, 0.2) is 0 Å². The number of oxazole rings is 1. The third-order valence-electron chi connectivity index (χ3n) is 3.22. The molecule has 1 aliphatic rings. The number of hydrogen-bond donors (Lipinski definition) is 1. The van der Waals surface area contributed by atoms with Gasteiger partial charge in [-0.3, -0.25) is 10.1 Å². The highest BCUT2D eigenvalue weighted by molar-refractivity contribution is 5.59. The van der Waals surface area contributed by atoms with Gasteiger partial charge in [-0.1, -0.05) is 0 Å². The van der Waals surface area contributed by atoms with Gasteiger partial charge in [0.05, 0.1) is 10.6 Å². The average molecular weight is 273 g/mol. The summed E-state index contributed by atoms with van der Waals surface area (Å²) in [7, 11) is 0. The topological polar surface area (TPSA) is 81.2 Å². The molecular weight excluding hydrogens is 258 g/mol. The summed E-state index contributed by atoms with van der Waals surface area (Å²) in [5.74, 6) is 0.421. The van der Waals surface area contributed by atoms with Crippen molar-refractivity contribution in [3.05, 3.63) is 45.8 Å². The summed E-state index contributed by atoms with van der Waals surface area (Å²) >= 11 is 0. The first kappa shape index (κ1) is 12.8. The molecule has 1 fully saturated rings. The van der Waals surface area contributed by atoms with Gasteiger partial charge < -0.3 is 9.73 Å². The first-order chi connectivity index (χ1) is 9.61. The molecule has 104 valence electrons. The molecule has 0 saturated heterocycles. The van der Waals surface area contributed by atoms with Crippen molar-refractivity contribution in [2.75, 3.05) is 0 Å². The number of non-ortho nitro benzene ring substituents is 1. The van der Waals surface area contributed by atoms with Crippen LogP contribution in [-0.2, 0) is 6.54 Å². The molecule has 0 atom stereocenters. The fourth-order valence-electron chi connectivity index (χ4n) is 2.05. The smallest absolute Gasteiger partial charge is 0.270 e. The Bertz CT molecular complexity index is 647. The molecule has 0 amide bonds. The van der Waals surface area contributed by atoms with E-state index in [0.29, 0.717) is 24.0 Å². The van der Waals surface area contributed by atoms with E-state index >= 15 is 0 Å². The Labute approximate surface area is 116 Å². The van der Waals surface area contributed by atoms with Crippen molar-refractivity contribution < 1.29 is 9.34 Å². The van der Waals surface area contributed by atoms with Gasteiger partial charge in [0, 0.05) is 30.3 Å². The first-order valence-corrected chi connectivity index (χ1v) is 6.56. The molecule has 1 aliphatic carbocycles. The molecule has 2 aromatic rings. The Kier molecular flexibility index (Phi) is 3.23. The van der Waals surface area contributed by atoms with Crippen molar-refractivity contribution in [3.63, 3.8) is 0 Å². The van der Waals surface area contributed by atoms with Crippen molar-refractivity contribution in [2.45, 2.75) is 32.4 Å². The van der Waals surface area contributed by atoms with Crippen LogP contribution in [0.1, 0.15) is 24.1 Å². The molecule has 20 heavy (non-hydrogen) atoms. The monoisotopic (exact) mass is 273 g/mol. The predicted molar refractivity (Wildman–Crippen MR) is 73.2 cm³/mol. The number of benzene rings is 1. The molecular formula is C14H15N3O3. The van der Waals surface area contributed by atoms with Gasteiger partial charge in [-0.05, 0) is 31.4 Å². The van der Waals surface area contributed by atoms with Gasteiger partial charge in [-0.15, -0.1) is 0 Å². The molecule has 0 spiro atoms. The number of nitro benzene ring substituents is 1. The Hall–Kier alpha value is -2.21. The highest BCUT2D eigenvalue weighted by Gasteiger charge is 2.21. The summed E-state index contributed by atoms with van der Waals surface area (Å²) < 4.78 is 5.42. The molecule has 0 bridgehead atoms. The number of aromatic nitrogens is 1. The quantitative estimate of drug-likeness (QED) is 0.669. The van der Waals surface area contributed by atoms with Gasteiger partial charge >= 0.3 is 0 Å². The van der Waals surface area contributed by atoms with E-state index in [9.17, 15) is 10.1 Å². The number of nitrogens with one attached hydrogen (secondary N) is 1. The van der Waals surface area contributed by atoms with Crippen LogP contribution < -0.4 is 5.32 Å². The van der Waals surface area contributed by atoms with Gasteiger partial charge in [-0.25, -0.2) is 4.98 Å². The van der Waals surface area contributed by atoms with Crippen LogP contribution in [0, 0.1) is 17.0 Å². The van der Waals surface area contributed by atoms with E-state index in [1.54, 1.807) is 6.26 Å². The number of rotatable bonds is 5. The van der Waals surface area contributed by atoms with Crippen LogP contribution in [0.5, 0.6) is 0 Å². The number of aryl methyl sites for hydroxylation is 1. The lowest BCUT2D eigenvalue weighted by Gasteiger charge is -1.99. The second-order valence-electron chi connectivity index (χ2n) is 5.11. The van der Waals surface area contributed by atoms with Crippen LogP contribution in [0.25, 0.3) is 11.5 Å². The van der Waals surface area contributed by atoms with Crippen LogP contribution >= 0.6 is 0 Å². The second kappa shape index (κ2) is 5.05. The molecule has 0 radical (unpaired) electrons. The standard InChI is InChI=1S/C14H15N3O3/c1-9-4-10(6-13(5-9)17(18)19)14-16-12(8-20-14)7-15-11-2-3-11/h4-6,8,11,15H,2-3,7H2,1H3. The number of nitrogens with zero attached hydrogens (tertiary/aromatic N) is 2. The summed E-state index contributed by atoms with van der Waals surface area (Å²) in [6, 6.07) is 5.45. The Morgan fingerprint density at radius 3 is 2.95 bits per heavy atom. The fraction of sp³-hybridized carbons (Fsp3) is 0.357. The fourth-order valence-corrected chi connectivity index (χ4v) is 2.05. The Morgan fingerprint density at radius 1 is 1.45 bits per heavy atom. The maximum atomic E-state index is 10.9. The minimum atomic E-state index is -0.408. The van der Waals surface area contributed by atoms with E-state index in [1.165, 1.54) is 25.0 Å². The van der Waals surface area contributed by atoms with Crippen LogP contribution in [0.15, 0.2) is 28.9 Å². The third-order valence-corrected chi connectivity index (χ3v) is 3.22. The highest BCUT2D eigenvalue weighted by Crippen LogP contribution is 2.26. The lowest BCUT2D eigenvalue weighted by molar-refractivity contribution is -0.384. The lowest BCUT2D eigenvalue weighted by atomic mass is 10.1. The van der Waals surface area contributed by atoms with Crippen LogP contribution in [-0.4, -0.2) is 15.9 Å². The largest absolute Gasteiger partial charge is 0.444 e. The third kappa shape index (κ3) is 2.85. The zero-order chi connectivity index (χ0) is 14.1. The average Bonchev–Trinajstić information content (AvgIpc) is 3.12. The summed E-state index contributed by atoms with van der Waals surface area (Å²) in [6.07, 6.45) is 4.03. The Balaban J connectivity index is 1.82. The lowest BCUT2D eigenvalue weighted by Crippen LogP contribution is -2.15. The van der Waals surface area contributed by atoms with Crippen molar-refractivity contribution in [1.82, 2.24) is 10.3 Å². The van der Waals surface area contributed by atoms with Crippen molar-refractivity contribution >= 4 is 5.69 Å². The molecule has 6 nitrogen and oxygen atoms in total. The van der Waals surface area contributed by atoms with Crippen LogP contribution in [0.3, 0.4) is 0 Å². The van der Waals surface area contributed by atoms with Gasteiger partial charge in [-0.2, -0.15) is 0 Å². The van der Waals surface area contributed by atoms with E-state index in [-0.39, 0.29) is 5.69 Å². The maximum absolute atomic E-state index is 10.9. The van der Waals surface area contributed by atoms with E-state index in [1.807, 2.05) is 13.0 Å². The minimum absolute atomic E-state index is 0.0517. The minimum Gasteiger partial charge on any atom is -0.444 e. The van der Waals surface area contributed by atoms with E-state index < -0.39 is 4.92 Å². The molecule has 6 heteroatoms. The molecule has 0 aliphatic heterocycles. The summed E-state index contributed by atoms with van der Waals surface area (Å²) in [5, 5.41) is 14.2. The second-order valence-corrected chi connectivity index (χ2v) is 5.11. The molecule has 0 unspecified atom stereocenters. The SMILES string of the molecule is Cc1cc(-c2nc(CNC3CC3)co2)cc([N+](=O)[O-])c1. The first-order valence-electron chi connectivity index (χ1n) is 6.56. The molecule has 1 saturated carbocycles. The van der Waals surface area contributed by atoms with Gasteiger partial charge in [0.1, 0.15) is 6.26 Å². The predicted octanol–water partition coefficient (Wildman–Crippen LogP) is 2.81. The van der Waals surface area contributed by atoms with Gasteiger partial charge in [0.2, 0.25) is 5.89 Å². The van der Waals surface area contributed by atoms with Gasteiger partial charge in [0.25, 0.3) is 5.69 Å². The molecule has 1 N–H and O–H groups in total. The summed E-state index contributed by atoms with van der Waals surface area (Å²) in [5.41, 5.74) is 2.31. The van der Waals surface area contributed by atoms with E-state index in [4.69, 9.17) is 4.42 Å². The number of nitro groups is 1. The highest BCUT2D eigenvalue weighted by atomic mass is 16.6. The maximum Gasteiger partial charge on any atom is 0.270 e. The van der Waals surface area contributed by atoms with E-state index in [0.717, 1.165) is 11.3 Å². The summed E-state index contributed by atoms with van der Waals surface area (Å²) in [4.78, 5) is 14.8. The van der Waals surface area contributed by atoms with Crippen LogP contribution in [0.4, 0.5) is 5.69 Å². The van der Waals surface area contributed by atoms with Crippen LogP contribution in [0.2, 0.25) is 0 Å². The zero-order valence-corrected chi connectivity index (χ0v) is 11.1. The normalized spacial score (nSPS) is 14.4. The Morgan fingerprint density at radius 2 is 2.25 bits per heavy atom. The number of hydrogen-bond acceptors (Lipinski definition) is 5. The summed E-state index contributed by atoms with van der Waals surface area (Å²) in [6.45, 7) is 2.48. The molecule has 1 aromatic carbocycles. The van der Waals surface area contributed by atoms with Crippen molar-refractivity contribution in [3.8, 4) is 11.5 Å².